The number of likely N-dealkylation sites (N-methyl/N-ethyl adjacent to an activating group) is 2. The average Bonchev–Trinajstić information content (AvgIpc) is 2.62. The Kier molecular flexibility index (Phi) is 5.03. The first-order valence-electron chi connectivity index (χ1n) is 6.11. The van der Waals surface area contributed by atoms with Gasteiger partial charge in [-0.3, -0.25) is 4.90 Å². The van der Waals surface area contributed by atoms with E-state index in [1.54, 1.807) is 0 Å². The highest BCUT2D eigenvalue weighted by atomic mass is 15.3. The van der Waals surface area contributed by atoms with E-state index in [0.717, 1.165) is 18.5 Å². The normalized spacial score (nSPS) is 25.4. The largest absolute Gasteiger partial charge is 0.318 e. The zero-order chi connectivity index (χ0) is 11.4. The van der Waals surface area contributed by atoms with Crippen molar-refractivity contribution < 1.29 is 0 Å². The Bertz CT molecular complexity index is 180. The quantitative estimate of drug-likeness (QED) is 0.731. The fourth-order valence-electron chi connectivity index (χ4n) is 2.49. The number of likely N-dealkylation sites (tertiary alicyclic amines) is 1. The van der Waals surface area contributed by atoms with Crippen LogP contribution in [0.1, 0.15) is 20.3 Å². The summed E-state index contributed by atoms with van der Waals surface area (Å²) in [5.74, 6) is 0.735. The minimum atomic E-state index is 0.694. The molecule has 0 aromatic carbocycles. The lowest BCUT2D eigenvalue weighted by molar-refractivity contribution is 0.173. The molecule has 90 valence electrons. The smallest absolute Gasteiger partial charge is 0.0244 e. The van der Waals surface area contributed by atoms with Gasteiger partial charge in [-0.1, -0.05) is 13.8 Å². The summed E-state index contributed by atoms with van der Waals surface area (Å²) >= 11 is 0. The molecule has 0 aromatic heterocycles. The van der Waals surface area contributed by atoms with Crippen molar-refractivity contribution in [3.63, 3.8) is 0 Å². The van der Waals surface area contributed by atoms with Gasteiger partial charge in [-0.05, 0) is 33.5 Å². The molecule has 0 amide bonds. The lowest BCUT2D eigenvalue weighted by atomic mass is 10.0. The highest BCUT2D eigenvalue weighted by molar-refractivity contribution is 4.87. The SMILES string of the molecule is CNCC(C(C)C)N1CCC(N(C)C)C1. The molecule has 3 nitrogen and oxygen atoms in total. The van der Waals surface area contributed by atoms with Gasteiger partial charge < -0.3 is 10.2 Å². The van der Waals surface area contributed by atoms with Crippen LogP contribution in [0.3, 0.4) is 0 Å². The minimum Gasteiger partial charge on any atom is -0.318 e. The zero-order valence-electron chi connectivity index (χ0n) is 11.0. The Morgan fingerprint density at radius 2 is 2.07 bits per heavy atom. The van der Waals surface area contributed by atoms with Gasteiger partial charge in [0.1, 0.15) is 0 Å². The lowest BCUT2D eigenvalue weighted by Crippen LogP contribution is -2.45. The molecule has 0 spiro atoms. The summed E-state index contributed by atoms with van der Waals surface area (Å²) in [6.45, 7) is 8.25. The molecule has 1 N–H and O–H groups in total. The molecule has 0 aliphatic carbocycles. The summed E-state index contributed by atoms with van der Waals surface area (Å²) in [4.78, 5) is 5.00. The third-order valence-electron chi connectivity index (χ3n) is 3.58. The molecule has 3 heteroatoms. The first kappa shape index (κ1) is 12.9. The second kappa shape index (κ2) is 5.83. The van der Waals surface area contributed by atoms with Crippen LogP contribution >= 0.6 is 0 Å². The molecule has 0 aromatic rings. The topological polar surface area (TPSA) is 18.5 Å². The first-order valence-corrected chi connectivity index (χ1v) is 6.11. The molecule has 2 unspecified atom stereocenters. The van der Waals surface area contributed by atoms with Gasteiger partial charge in [0.15, 0.2) is 0 Å². The van der Waals surface area contributed by atoms with E-state index in [9.17, 15) is 0 Å². The molecule has 0 saturated carbocycles. The van der Waals surface area contributed by atoms with Crippen LogP contribution in [0, 0.1) is 5.92 Å². The van der Waals surface area contributed by atoms with Gasteiger partial charge >= 0.3 is 0 Å². The highest BCUT2D eigenvalue weighted by Gasteiger charge is 2.30. The van der Waals surface area contributed by atoms with Gasteiger partial charge in [0.2, 0.25) is 0 Å². The van der Waals surface area contributed by atoms with E-state index in [1.807, 2.05) is 0 Å². The van der Waals surface area contributed by atoms with Crippen LogP contribution in [0.15, 0.2) is 0 Å². The highest BCUT2D eigenvalue weighted by Crippen LogP contribution is 2.19. The molecule has 1 heterocycles. The van der Waals surface area contributed by atoms with Crippen LogP contribution < -0.4 is 5.32 Å². The van der Waals surface area contributed by atoms with Crippen LogP contribution in [0.5, 0.6) is 0 Å². The van der Waals surface area contributed by atoms with E-state index < -0.39 is 0 Å². The van der Waals surface area contributed by atoms with Crippen molar-refractivity contribution in [3.8, 4) is 0 Å². The van der Waals surface area contributed by atoms with Crippen LogP contribution in [0.2, 0.25) is 0 Å². The third kappa shape index (κ3) is 3.44. The molecule has 1 aliphatic heterocycles. The number of rotatable bonds is 5. The lowest BCUT2D eigenvalue weighted by Gasteiger charge is -2.31. The standard InChI is InChI=1S/C12H27N3/c1-10(2)12(8-13-3)15-7-6-11(9-15)14(4)5/h10-13H,6-9H2,1-5H3. The number of hydrogen-bond acceptors (Lipinski definition) is 3. The van der Waals surface area contributed by atoms with Crippen molar-refractivity contribution in [1.82, 2.24) is 15.1 Å². The molecule has 15 heavy (non-hydrogen) atoms. The molecule has 1 fully saturated rings. The van der Waals surface area contributed by atoms with E-state index in [4.69, 9.17) is 0 Å². The third-order valence-corrected chi connectivity index (χ3v) is 3.58. The van der Waals surface area contributed by atoms with Gasteiger partial charge in [0.25, 0.3) is 0 Å². The summed E-state index contributed by atoms with van der Waals surface area (Å²) in [5.41, 5.74) is 0. The summed E-state index contributed by atoms with van der Waals surface area (Å²) in [6.07, 6.45) is 1.32. The number of nitrogens with zero attached hydrogens (tertiary/aromatic N) is 2. The maximum absolute atomic E-state index is 3.31. The molecule has 2 atom stereocenters. The summed E-state index contributed by atoms with van der Waals surface area (Å²) in [6, 6.07) is 1.45. The van der Waals surface area contributed by atoms with Crippen LogP contribution in [0.4, 0.5) is 0 Å². The van der Waals surface area contributed by atoms with Crippen LogP contribution in [-0.2, 0) is 0 Å². The van der Waals surface area contributed by atoms with Crippen molar-refractivity contribution in [1.29, 1.82) is 0 Å². The number of hydrogen-bond donors (Lipinski definition) is 1. The Morgan fingerprint density at radius 1 is 1.40 bits per heavy atom. The fraction of sp³-hybridized carbons (Fsp3) is 1.00. The summed E-state index contributed by atoms with van der Waals surface area (Å²) in [5, 5.41) is 3.31. The molecule has 0 radical (unpaired) electrons. The van der Waals surface area contributed by atoms with E-state index in [1.165, 1.54) is 19.5 Å². The maximum Gasteiger partial charge on any atom is 0.0244 e. The second-order valence-electron chi connectivity index (χ2n) is 5.27. The molecule has 0 bridgehead atoms. The van der Waals surface area contributed by atoms with Gasteiger partial charge in [-0.2, -0.15) is 0 Å². The van der Waals surface area contributed by atoms with Gasteiger partial charge in [-0.15, -0.1) is 0 Å². The van der Waals surface area contributed by atoms with Gasteiger partial charge in [0.05, 0.1) is 0 Å². The predicted octanol–water partition coefficient (Wildman–Crippen LogP) is 0.866. The van der Waals surface area contributed by atoms with Crippen molar-refractivity contribution in [2.45, 2.75) is 32.4 Å². The molecular formula is C12H27N3. The van der Waals surface area contributed by atoms with E-state index >= 15 is 0 Å². The van der Waals surface area contributed by atoms with E-state index in [-0.39, 0.29) is 0 Å². The van der Waals surface area contributed by atoms with Gasteiger partial charge in [0, 0.05) is 31.7 Å². The summed E-state index contributed by atoms with van der Waals surface area (Å²) in [7, 11) is 6.43. The van der Waals surface area contributed by atoms with Crippen molar-refractivity contribution in [3.05, 3.63) is 0 Å². The Labute approximate surface area is 94.8 Å². The van der Waals surface area contributed by atoms with Gasteiger partial charge in [-0.25, -0.2) is 0 Å². The molecular weight excluding hydrogens is 186 g/mol. The molecule has 1 saturated heterocycles. The summed E-state index contributed by atoms with van der Waals surface area (Å²) < 4.78 is 0. The molecule has 1 rings (SSSR count). The van der Waals surface area contributed by atoms with Crippen molar-refractivity contribution >= 4 is 0 Å². The van der Waals surface area contributed by atoms with E-state index in [2.05, 4.69) is 50.1 Å². The van der Waals surface area contributed by atoms with E-state index in [0.29, 0.717) is 6.04 Å². The Morgan fingerprint density at radius 3 is 2.47 bits per heavy atom. The fourth-order valence-corrected chi connectivity index (χ4v) is 2.49. The predicted molar refractivity (Wildman–Crippen MR) is 66.2 cm³/mol. The molecule has 1 aliphatic rings. The average molecular weight is 213 g/mol. The minimum absolute atomic E-state index is 0.694. The van der Waals surface area contributed by atoms with Crippen LogP contribution in [0.25, 0.3) is 0 Å². The maximum atomic E-state index is 3.31. The van der Waals surface area contributed by atoms with Crippen molar-refractivity contribution in [2.24, 2.45) is 5.92 Å². The second-order valence-corrected chi connectivity index (χ2v) is 5.27. The Hall–Kier alpha value is -0.120. The zero-order valence-corrected chi connectivity index (χ0v) is 11.0. The monoisotopic (exact) mass is 213 g/mol. The Balaban J connectivity index is 2.49. The van der Waals surface area contributed by atoms with Crippen molar-refractivity contribution in [2.75, 3.05) is 40.8 Å². The van der Waals surface area contributed by atoms with Crippen LogP contribution in [-0.4, -0.2) is 62.7 Å². The first-order chi connectivity index (χ1) is 7.06. The number of nitrogens with one attached hydrogen (secondary N) is 1.